The third-order valence-corrected chi connectivity index (χ3v) is 2.46. The molecule has 0 saturated carbocycles. The van der Waals surface area contributed by atoms with Crippen molar-refractivity contribution in [2.45, 2.75) is 6.61 Å². The Hall–Kier alpha value is -2.87. The third kappa shape index (κ3) is 7.06. The Bertz CT molecular complexity index is 612. The lowest BCUT2D eigenvalue weighted by atomic mass is 10.2. The van der Waals surface area contributed by atoms with Gasteiger partial charge in [0.1, 0.15) is 6.61 Å². The molecule has 0 radical (unpaired) electrons. The first kappa shape index (κ1) is 17.2. The molecule has 2 aromatic rings. The van der Waals surface area contributed by atoms with Crippen LogP contribution in [0.3, 0.4) is 0 Å². The van der Waals surface area contributed by atoms with E-state index in [-0.39, 0.29) is 0 Å². The van der Waals surface area contributed by atoms with Crippen LogP contribution in [0.2, 0.25) is 5.15 Å². The van der Waals surface area contributed by atoms with Crippen LogP contribution >= 0.6 is 11.6 Å². The molecular formula is C13H14ClN5O3. The predicted molar refractivity (Wildman–Crippen MR) is 82.1 cm³/mol. The summed E-state index contributed by atoms with van der Waals surface area (Å²) < 4.78 is 5.53. The highest BCUT2D eigenvalue weighted by Gasteiger charge is 2.00. The molecule has 0 unspecified atom stereocenters. The molecule has 22 heavy (non-hydrogen) atoms. The summed E-state index contributed by atoms with van der Waals surface area (Å²) in [6, 6.07) is 13.5. The van der Waals surface area contributed by atoms with Crippen LogP contribution < -0.4 is 15.9 Å². The van der Waals surface area contributed by atoms with Crippen molar-refractivity contribution in [3.05, 3.63) is 69.5 Å². The van der Waals surface area contributed by atoms with Gasteiger partial charge in [0.25, 0.3) is 0 Å². The van der Waals surface area contributed by atoms with Gasteiger partial charge in [0, 0.05) is 6.20 Å². The van der Waals surface area contributed by atoms with Crippen LogP contribution in [0.4, 0.5) is 0 Å². The number of rotatable bonds is 4. The number of nitrogens with zero attached hydrogens (tertiary/aromatic N) is 2. The Labute approximate surface area is 131 Å². The zero-order valence-electron chi connectivity index (χ0n) is 11.4. The minimum absolute atomic E-state index is 0.397. The van der Waals surface area contributed by atoms with Gasteiger partial charge in [-0.05, 0) is 17.7 Å². The SMILES string of the molecule is Clc1ncccc1OCc1ccccc1.N=C(N)N[N+](=O)[O-]. The molecule has 0 bridgehead atoms. The number of hydrogen-bond acceptors (Lipinski definition) is 5. The van der Waals surface area contributed by atoms with E-state index in [0.29, 0.717) is 17.5 Å². The first-order valence-electron chi connectivity index (χ1n) is 6.01. The number of ether oxygens (including phenoxy) is 1. The monoisotopic (exact) mass is 323 g/mol. The van der Waals surface area contributed by atoms with Crippen molar-refractivity contribution in [3.63, 3.8) is 0 Å². The first-order valence-corrected chi connectivity index (χ1v) is 6.39. The second-order valence-electron chi connectivity index (χ2n) is 3.85. The van der Waals surface area contributed by atoms with Gasteiger partial charge in [0.05, 0.1) is 0 Å². The Kier molecular flexibility index (Phi) is 7.14. The summed E-state index contributed by atoms with van der Waals surface area (Å²) in [5, 5.41) is 15.0. The summed E-state index contributed by atoms with van der Waals surface area (Å²) in [5.41, 5.74) is 7.02. The van der Waals surface area contributed by atoms with E-state index >= 15 is 0 Å². The minimum Gasteiger partial charge on any atom is -0.486 e. The average Bonchev–Trinajstić information content (AvgIpc) is 2.47. The molecule has 0 atom stereocenters. The molecule has 9 heteroatoms. The number of pyridine rings is 1. The van der Waals surface area contributed by atoms with Gasteiger partial charge in [-0.25, -0.2) is 15.1 Å². The smallest absolute Gasteiger partial charge is 0.248 e. The van der Waals surface area contributed by atoms with Gasteiger partial charge in [0.2, 0.25) is 5.96 Å². The molecule has 0 fully saturated rings. The van der Waals surface area contributed by atoms with Crippen molar-refractivity contribution >= 4 is 17.6 Å². The lowest BCUT2D eigenvalue weighted by Gasteiger charge is -2.06. The number of nitrogens with two attached hydrogens (primary N) is 1. The van der Waals surface area contributed by atoms with Crippen molar-refractivity contribution in [3.8, 4) is 5.75 Å². The van der Waals surface area contributed by atoms with Gasteiger partial charge in [-0.2, -0.15) is 0 Å². The first-order chi connectivity index (χ1) is 10.5. The second kappa shape index (κ2) is 9.14. The lowest BCUT2D eigenvalue weighted by Crippen LogP contribution is -2.34. The molecule has 0 saturated heterocycles. The van der Waals surface area contributed by atoms with Crippen molar-refractivity contribution in [2.75, 3.05) is 0 Å². The van der Waals surface area contributed by atoms with E-state index in [1.54, 1.807) is 18.3 Å². The van der Waals surface area contributed by atoms with Crippen LogP contribution in [0.5, 0.6) is 5.75 Å². The molecule has 0 amide bonds. The summed E-state index contributed by atoms with van der Waals surface area (Å²) in [4.78, 5) is 13.2. The highest BCUT2D eigenvalue weighted by molar-refractivity contribution is 6.30. The zero-order chi connectivity index (χ0) is 16.4. The zero-order valence-corrected chi connectivity index (χ0v) is 12.2. The van der Waals surface area contributed by atoms with E-state index in [9.17, 15) is 10.1 Å². The van der Waals surface area contributed by atoms with E-state index in [0.717, 1.165) is 5.56 Å². The fourth-order valence-electron chi connectivity index (χ4n) is 1.31. The third-order valence-electron chi connectivity index (χ3n) is 2.17. The maximum Gasteiger partial charge on any atom is 0.248 e. The van der Waals surface area contributed by atoms with Crippen molar-refractivity contribution < 1.29 is 9.77 Å². The van der Waals surface area contributed by atoms with Crippen molar-refractivity contribution in [1.82, 2.24) is 10.4 Å². The molecule has 1 aromatic heterocycles. The maximum absolute atomic E-state index is 9.28. The molecule has 4 N–H and O–H groups in total. The van der Waals surface area contributed by atoms with Crippen LogP contribution in [-0.4, -0.2) is 16.0 Å². The summed E-state index contributed by atoms with van der Waals surface area (Å²) >= 11 is 5.85. The number of aromatic nitrogens is 1. The summed E-state index contributed by atoms with van der Waals surface area (Å²) in [6.07, 6.45) is 1.64. The molecule has 0 aliphatic heterocycles. The predicted octanol–water partition coefficient (Wildman–Crippen LogP) is 1.98. The van der Waals surface area contributed by atoms with E-state index in [4.69, 9.17) is 21.7 Å². The molecule has 0 aliphatic carbocycles. The van der Waals surface area contributed by atoms with Gasteiger partial charge in [-0.15, -0.1) is 0 Å². The fourth-order valence-corrected chi connectivity index (χ4v) is 1.49. The molecule has 8 nitrogen and oxygen atoms in total. The van der Waals surface area contributed by atoms with Crippen molar-refractivity contribution in [1.29, 1.82) is 5.41 Å². The lowest BCUT2D eigenvalue weighted by molar-refractivity contribution is -0.525. The molecule has 1 heterocycles. The highest BCUT2D eigenvalue weighted by atomic mass is 35.5. The topological polar surface area (TPSA) is 127 Å². The number of guanidine groups is 1. The van der Waals surface area contributed by atoms with Crippen molar-refractivity contribution in [2.24, 2.45) is 5.73 Å². The Morgan fingerprint density at radius 2 is 2.05 bits per heavy atom. The molecule has 116 valence electrons. The molecule has 2 rings (SSSR count). The van der Waals surface area contributed by atoms with Crippen LogP contribution in [0, 0.1) is 15.5 Å². The average molecular weight is 324 g/mol. The van der Waals surface area contributed by atoms with Gasteiger partial charge in [-0.3, -0.25) is 5.41 Å². The van der Waals surface area contributed by atoms with Gasteiger partial charge in [-0.1, -0.05) is 47.4 Å². The molecule has 1 aromatic carbocycles. The van der Waals surface area contributed by atoms with Crippen LogP contribution in [0.1, 0.15) is 5.56 Å². The van der Waals surface area contributed by atoms with Gasteiger partial charge >= 0.3 is 0 Å². The normalized spacial score (nSPS) is 9.14. The van der Waals surface area contributed by atoms with Gasteiger partial charge in [0.15, 0.2) is 15.9 Å². The second-order valence-corrected chi connectivity index (χ2v) is 4.21. The van der Waals surface area contributed by atoms with E-state index in [1.165, 1.54) is 5.43 Å². The van der Waals surface area contributed by atoms with Crippen LogP contribution in [-0.2, 0) is 6.61 Å². The standard InChI is InChI=1S/C12H10ClNO.CH4N4O2/c13-12-11(7-4-8-14-12)15-9-10-5-2-1-3-6-10;2-1(3)4-5(6)7/h1-8H,9H2;(H4,2,3,4). The maximum atomic E-state index is 9.28. The fraction of sp³-hybridized carbons (Fsp3) is 0.0769. The van der Waals surface area contributed by atoms with Crippen LogP contribution in [0.15, 0.2) is 48.7 Å². The Morgan fingerprint density at radius 3 is 2.55 bits per heavy atom. The van der Waals surface area contributed by atoms with E-state index in [2.05, 4.69) is 10.7 Å². The molecule has 0 spiro atoms. The summed E-state index contributed by atoms with van der Waals surface area (Å²) in [5.74, 6) is -0.0481. The number of hydrogen-bond donors (Lipinski definition) is 3. The van der Waals surface area contributed by atoms with E-state index < -0.39 is 11.0 Å². The number of hydrazine groups is 1. The summed E-state index contributed by atoms with van der Waals surface area (Å²) in [7, 11) is 0. The Morgan fingerprint density at radius 1 is 1.36 bits per heavy atom. The van der Waals surface area contributed by atoms with E-state index in [1.807, 2.05) is 30.3 Å². The quantitative estimate of drug-likeness (QED) is 0.259. The largest absolute Gasteiger partial charge is 0.486 e. The number of nitrogens with one attached hydrogen (secondary N) is 2. The van der Waals surface area contributed by atoms with Crippen LogP contribution in [0.25, 0.3) is 0 Å². The molecular weight excluding hydrogens is 310 g/mol. The highest BCUT2D eigenvalue weighted by Crippen LogP contribution is 2.21. The summed E-state index contributed by atoms with van der Waals surface area (Å²) in [6.45, 7) is 0.506. The Balaban J connectivity index is 0.000000295. The van der Waals surface area contributed by atoms with Gasteiger partial charge < -0.3 is 10.5 Å². The number of halogens is 1. The minimum atomic E-state index is -0.900. The number of benzene rings is 1. The number of nitro groups is 1. The molecule has 0 aliphatic rings.